The van der Waals surface area contributed by atoms with Crippen LogP contribution >= 0.6 is 11.8 Å². The van der Waals surface area contributed by atoms with E-state index < -0.39 is 5.82 Å². The Kier molecular flexibility index (Phi) is 2.50. The molecule has 0 unspecified atom stereocenters. The van der Waals surface area contributed by atoms with Crippen LogP contribution < -0.4 is 0 Å². The first-order valence-electron chi connectivity index (χ1n) is 3.02. The molecule has 1 aromatic carbocycles. The number of hydrogen-bond acceptors (Lipinski definition) is 2. The Hall–Kier alpha value is -1.01. The van der Waals surface area contributed by atoms with Crippen LogP contribution in [0.15, 0.2) is 23.1 Å². The molecule has 0 radical (unpaired) electrons. The van der Waals surface area contributed by atoms with Gasteiger partial charge in [0.1, 0.15) is 17.4 Å². The van der Waals surface area contributed by atoms with Crippen molar-refractivity contribution >= 4 is 11.8 Å². The van der Waals surface area contributed by atoms with Crippen LogP contribution in [0.3, 0.4) is 0 Å². The molecule has 11 heavy (non-hydrogen) atoms. The van der Waals surface area contributed by atoms with Crippen LogP contribution in [0, 0.1) is 17.1 Å². The largest absolute Gasteiger partial charge is 0.206 e. The van der Waals surface area contributed by atoms with Crippen LogP contribution in [0.2, 0.25) is 0 Å². The Morgan fingerprint density at radius 1 is 1.55 bits per heavy atom. The van der Waals surface area contributed by atoms with E-state index in [-0.39, 0.29) is 5.56 Å². The number of thioether (sulfide) groups is 1. The van der Waals surface area contributed by atoms with Crippen molar-refractivity contribution < 1.29 is 4.39 Å². The molecule has 1 rings (SSSR count). The molecule has 1 nitrogen and oxygen atoms in total. The topological polar surface area (TPSA) is 23.8 Å². The van der Waals surface area contributed by atoms with E-state index in [1.165, 1.54) is 17.8 Å². The number of nitriles is 1. The van der Waals surface area contributed by atoms with Gasteiger partial charge < -0.3 is 0 Å². The fourth-order valence-corrected chi connectivity index (χ4v) is 1.34. The molecule has 0 heterocycles. The van der Waals surface area contributed by atoms with Crippen LogP contribution in [0.1, 0.15) is 5.56 Å². The van der Waals surface area contributed by atoms with Crippen LogP contribution in [-0.4, -0.2) is 6.26 Å². The summed E-state index contributed by atoms with van der Waals surface area (Å²) in [6.45, 7) is 0. The second kappa shape index (κ2) is 3.40. The first kappa shape index (κ1) is 8.09. The van der Waals surface area contributed by atoms with Crippen molar-refractivity contribution in [3.05, 3.63) is 29.6 Å². The number of nitrogens with zero attached hydrogens (tertiary/aromatic N) is 1. The van der Waals surface area contributed by atoms with Gasteiger partial charge in [-0.15, -0.1) is 11.8 Å². The highest BCUT2D eigenvalue weighted by atomic mass is 32.2. The van der Waals surface area contributed by atoms with Gasteiger partial charge in [0.25, 0.3) is 0 Å². The summed E-state index contributed by atoms with van der Waals surface area (Å²) < 4.78 is 12.8. The Bertz CT molecular complexity index is 303. The summed E-state index contributed by atoms with van der Waals surface area (Å²) in [6, 6.07) is 6.44. The first-order valence-corrected chi connectivity index (χ1v) is 4.24. The minimum atomic E-state index is -0.445. The van der Waals surface area contributed by atoms with E-state index in [0.717, 1.165) is 0 Å². The number of benzene rings is 1. The highest BCUT2D eigenvalue weighted by Crippen LogP contribution is 2.21. The third kappa shape index (κ3) is 1.52. The fraction of sp³-hybridized carbons (Fsp3) is 0.125. The molecule has 0 aromatic heterocycles. The summed E-state index contributed by atoms with van der Waals surface area (Å²) in [4.78, 5) is 0.688. The number of hydrogen-bond donors (Lipinski definition) is 0. The zero-order valence-electron chi connectivity index (χ0n) is 5.97. The lowest BCUT2D eigenvalue weighted by Gasteiger charge is -1.98. The summed E-state index contributed by atoms with van der Waals surface area (Å²) >= 11 is 1.37. The zero-order valence-corrected chi connectivity index (χ0v) is 6.78. The van der Waals surface area contributed by atoms with E-state index in [4.69, 9.17) is 5.26 Å². The van der Waals surface area contributed by atoms with Crippen molar-refractivity contribution in [2.75, 3.05) is 6.26 Å². The van der Waals surface area contributed by atoms with Crippen molar-refractivity contribution in [3.8, 4) is 6.07 Å². The molecule has 0 saturated heterocycles. The summed E-state index contributed by atoms with van der Waals surface area (Å²) in [5, 5.41) is 8.53. The first-order chi connectivity index (χ1) is 5.29. The Labute approximate surface area is 68.8 Å². The van der Waals surface area contributed by atoms with E-state index in [2.05, 4.69) is 0 Å². The van der Waals surface area contributed by atoms with Gasteiger partial charge in [-0.3, -0.25) is 0 Å². The maximum absolute atomic E-state index is 12.8. The second-order valence-corrected chi connectivity index (χ2v) is 2.78. The Balaban J connectivity index is 3.27. The monoisotopic (exact) mass is 167 g/mol. The normalized spacial score (nSPS) is 9.18. The highest BCUT2D eigenvalue weighted by molar-refractivity contribution is 7.98. The molecule has 0 aliphatic rings. The van der Waals surface area contributed by atoms with Crippen molar-refractivity contribution in [3.63, 3.8) is 0 Å². The third-order valence-electron chi connectivity index (χ3n) is 1.31. The molecule has 0 aliphatic carbocycles. The summed E-state index contributed by atoms with van der Waals surface area (Å²) in [6.07, 6.45) is 1.82. The minimum Gasteiger partial charge on any atom is -0.206 e. The van der Waals surface area contributed by atoms with E-state index in [9.17, 15) is 4.39 Å². The van der Waals surface area contributed by atoms with Crippen molar-refractivity contribution in [1.29, 1.82) is 5.26 Å². The molecule has 0 spiro atoms. The molecule has 1 aromatic rings. The molecule has 0 atom stereocenters. The van der Waals surface area contributed by atoms with Gasteiger partial charge in [0.15, 0.2) is 0 Å². The molecule has 56 valence electrons. The van der Waals surface area contributed by atoms with Crippen LogP contribution in [0.4, 0.5) is 4.39 Å². The quantitative estimate of drug-likeness (QED) is 0.600. The summed E-state index contributed by atoms with van der Waals surface area (Å²) in [5.41, 5.74) is 0.139. The summed E-state index contributed by atoms with van der Waals surface area (Å²) in [7, 11) is 0. The molecule has 0 aliphatic heterocycles. The maximum atomic E-state index is 12.8. The number of halogens is 1. The van der Waals surface area contributed by atoms with Crippen molar-refractivity contribution in [2.45, 2.75) is 4.90 Å². The average molecular weight is 167 g/mol. The van der Waals surface area contributed by atoms with Gasteiger partial charge in [-0.25, -0.2) is 4.39 Å². The second-order valence-electron chi connectivity index (χ2n) is 1.93. The maximum Gasteiger partial charge on any atom is 0.142 e. The van der Waals surface area contributed by atoms with E-state index in [0.29, 0.717) is 4.90 Å². The molecule has 0 bridgehead atoms. The smallest absolute Gasteiger partial charge is 0.142 e. The molecule has 0 saturated carbocycles. The SMILES string of the molecule is CSc1cccc(F)c1C#N. The van der Waals surface area contributed by atoms with Crippen LogP contribution in [0.25, 0.3) is 0 Å². The zero-order chi connectivity index (χ0) is 8.27. The van der Waals surface area contributed by atoms with Gasteiger partial charge in [-0.2, -0.15) is 5.26 Å². The lowest BCUT2D eigenvalue weighted by Crippen LogP contribution is -1.85. The van der Waals surface area contributed by atoms with E-state index >= 15 is 0 Å². The molecule has 0 fully saturated rings. The van der Waals surface area contributed by atoms with Gasteiger partial charge in [0.2, 0.25) is 0 Å². The molecule has 3 heteroatoms. The van der Waals surface area contributed by atoms with E-state index in [1.54, 1.807) is 12.1 Å². The average Bonchev–Trinajstić information content (AvgIpc) is 2.04. The van der Waals surface area contributed by atoms with Crippen LogP contribution in [0.5, 0.6) is 0 Å². The van der Waals surface area contributed by atoms with E-state index in [1.807, 2.05) is 12.3 Å². The van der Waals surface area contributed by atoms with Gasteiger partial charge in [0, 0.05) is 4.90 Å². The molecule has 0 N–H and O–H groups in total. The van der Waals surface area contributed by atoms with Gasteiger partial charge >= 0.3 is 0 Å². The minimum absolute atomic E-state index is 0.139. The fourth-order valence-electron chi connectivity index (χ4n) is 0.783. The predicted molar refractivity (Wildman–Crippen MR) is 42.9 cm³/mol. The van der Waals surface area contributed by atoms with Gasteiger partial charge in [-0.05, 0) is 18.4 Å². The molecule has 0 amide bonds. The van der Waals surface area contributed by atoms with Gasteiger partial charge in [0.05, 0.1) is 0 Å². The predicted octanol–water partition coefficient (Wildman–Crippen LogP) is 2.42. The molecular weight excluding hydrogens is 161 g/mol. The summed E-state index contributed by atoms with van der Waals surface area (Å²) in [5.74, 6) is -0.445. The van der Waals surface area contributed by atoms with Crippen molar-refractivity contribution in [2.24, 2.45) is 0 Å². The highest BCUT2D eigenvalue weighted by Gasteiger charge is 2.04. The van der Waals surface area contributed by atoms with Crippen molar-refractivity contribution in [1.82, 2.24) is 0 Å². The van der Waals surface area contributed by atoms with Gasteiger partial charge in [-0.1, -0.05) is 6.07 Å². The number of rotatable bonds is 1. The lowest BCUT2D eigenvalue weighted by molar-refractivity contribution is 0.620. The standard InChI is InChI=1S/C8H6FNS/c1-11-8-4-2-3-7(9)6(8)5-10/h2-4H,1H3. The Morgan fingerprint density at radius 3 is 2.73 bits per heavy atom. The molecular formula is C8H6FNS. The third-order valence-corrected chi connectivity index (χ3v) is 2.09. The Morgan fingerprint density at radius 2 is 2.27 bits per heavy atom. The van der Waals surface area contributed by atoms with Crippen LogP contribution in [-0.2, 0) is 0 Å². The lowest BCUT2D eigenvalue weighted by atomic mass is 10.2.